The molecule has 1 aromatic heterocycles. The van der Waals surface area contributed by atoms with Crippen molar-refractivity contribution >= 4 is 31.9 Å². The van der Waals surface area contributed by atoms with Gasteiger partial charge < -0.3 is 14.5 Å². The Morgan fingerprint density at radius 2 is 1.95 bits per heavy atom. The molecule has 0 spiro atoms. The van der Waals surface area contributed by atoms with Crippen LogP contribution in [-0.2, 0) is 0 Å². The van der Waals surface area contributed by atoms with Gasteiger partial charge in [-0.15, -0.1) is 0 Å². The first-order chi connectivity index (χ1) is 10.1. The molecular formula is C16H19Br2NO2. The Morgan fingerprint density at radius 1 is 1.19 bits per heavy atom. The molecule has 1 unspecified atom stereocenters. The average Bonchev–Trinajstić information content (AvgIpc) is 2.94. The van der Waals surface area contributed by atoms with Gasteiger partial charge in [0.1, 0.15) is 17.3 Å². The van der Waals surface area contributed by atoms with Crippen LogP contribution in [0.2, 0.25) is 0 Å². The summed E-state index contributed by atoms with van der Waals surface area (Å²) in [4.78, 5) is 0. The standard InChI is InChI=1S/C16H19Br2NO2/c1-4-13(19-5-2)15-7-6-14(21-15)10-8-16(20-3)12(18)9-11(10)17/h6-9,13,19H,4-5H2,1-3H3. The van der Waals surface area contributed by atoms with Crippen LogP contribution in [0.4, 0.5) is 0 Å². The lowest BCUT2D eigenvalue weighted by Crippen LogP contribution is -2.19. The smallest absolute Gasteiger partial charge is 0.135 e. The second-order valence-electron chi connectivity index (χ2n) is 4.69. The van der Waals surface area contributed by atoms with Crippen molar-refractivity contribution in [3.63, 3.8) is 0 Å². The number of nitrogens with one attached hydrogen (secondary N) is 1. The molecule has 0 amide bonds. The van der Waals surface area contributed by atoms with Gasteiger partial charge in [0, 0.05) is 10.0 Å². The second kappa shape index (κ2) is 7.47. The lowest BCUT2D eigenvalue weighted by atomic mass is 10.1. The molecule has 0 aliphatic heterocycles. The number of rotatable bonds is 6. The Hall–Kier alpha value is -0.780. The third-order valence-corrected chi connectivity index (χ3v) is 4.61. The van der Waals surface area contributed by atoms with Crippen LogP contribution in [0.1, 0.15) is 32.1 Å². The first-order valence-electron chi connectivity index (χ1n) is 6.97. The van der Waals surface area contributed by atoms with Crippen molar-refractivity contribution < 1.29 is 9.15 Å². The molecule has 114 valence electrons. The number of methoxy groups -OCH3 is 1. The number of hydrogen-bond acceptors (Lipinski definition) is 3. The molecule has 2 rings (SSSR count). The average molecular weight is 417 g/mol. The lowest BCUT2D eigenvalue weighted by molar-refractivity contribution is 0.410. The zero-order chi connectivity index (χ0) is 15.4. The predicted octanol–water partition coefficient (Wildman–Crippen LogP) is 5.54. The molecule has 1 aromatic carbocycles. The van der Waals surface area contributed by atoms with Crippen molar-refractivity contribution in [1.82, 2.24) is 5.32 Å². The minimum absolute atomic E-state index is 0.250. The minimum Gasteiger partial charge on any atom is -0.496 e. The normalized spacial score (nSPS) is 12.4. The molecule has 5 heteroatoms. The lowest BCUT2D eigenvalue weighted by Gasteiger charge is -2.13. The van der Waals surface area contributed by atoms with Gasteiger partial charge in [-0.1, -0.05) is 13.8 Å². The van der Waals surface area contributed by atoms with Crippen molar-refractivity contribution in [2.45, 2.75) is 26.3 Å². The summed E-state index contributed by atoms with van der Waals surface area (Å²) in [5.41, 5.74) is 0.979. The van der Waals surface area contributed by atoms with Gasteiger partial charge in [-0.25, -0.2) is 0 Å². The largest absolute Gasteiger partial charge is 0.496 e. The molecule has 0 fully saturated rings. The van der Waals surface area contributed by atoms with E-state index >= 15 is 0 Å². The van der Waals surface area contributed by atoms with Crippen LogP contribution in [0.15, 0.2) is 37.6 Å². The molecule has 3 nitrogen and oxygen atoms in total. The number of ether oxygens (including phenoxy) is 1. The summed E-state index contributed by atoms with van der Waals surface area (Å²) in [6, 6.07) is 8.22. The molecule has 0 saturated heterocycles. The topological polar surface area (TPSA) is 34.4 Å². The van der Waals surface area contributed by atoms with Gasteiger partial charge in [0.05, 0.1) is 17.6 Å². The molecule has 0 saturated carbocycles. The SMILES string of the molecule is CCNC(CC)c1ccc(-c2cc(OC)c(Br)cc2Br)o1. The first kappa shape index (κ1) is 16.6. The maximum atomic E-state index is 6.03. The van der Waals surface area contributed by atoms with Crippen LogP contribution < -0.4 is 10.1 Å². The molecular weight excluding hydrogens is 398 g/mol. The predicted molar refractivity (Wildman–Crippen MR) is 92.8 cm³/mol. The number of benzene rings is 1. The summed E-state index contributed by atoms with van der Waals surface area (Å²) >= 11 is 7.06. The highest BCUT2D eigenvalue weighted by Crippen LogP contribution is 2.38. The highest BCUT2D eigenvalue weighted by Gasteiger charge is 2.16. The summed E-state index contributed by atoms with van der Waals surface area (Å²) in [6.07, 6.45) is 0.992. The van der Waals surface area contributed by atoms with Gasteiger partial charge in [0.25, 0.3) is 0 Å². The molecule has 1 heterocycles. The minimum atomic E-state index is 0.250. The zero-order valence-electron chi connectivity index (χ0n) is 12.4. The fourth-order valence-electron chi connectivity index (χ4n) is 2.25. The van der Waals surface area contributed by atoms with Crippen molar-refractivity contribution in [2.75, 3.05) is 13.7 Å². The van der Waals surface area contributed by atoms with Crippen LogP contribution >= 0.6 is 31.9 Å². The summed E-state index contributed by atoms with van der Waals surface area (Å²) in [7, 11) is 1.66. The second-order valence-corrected chi connectivity index (χ2v) is 6.40. The summed E-state index contributed by atoms with van der Waals surface area (Å²) in [5.74, 6) is 2.58. The van der Waals surface area contributed by atoms with Crippen molar-refractivity contribution in [2.24, 2.45) is 0 Å². The van der Waals surface area contributed by atoms with Crippen molar-refractivity contribution in [3.05, 3.63) is 39.0 Å². The van der Waals surface area contributed by atoms with Crippen LogP contribution in [0.25, 0.3) is 11.3 Å². The highest BCUT2D eigenvalue weighted by molar-refractivity contribution is 9.11. The van der Waals surface area contributed by atoms with E-state index in [0.29, 0.717) is 0 Å². The molecule has 0 aliphatic rings. The van der Waals surface area contributed by atoms with Crippen LogP contribution in [0.3, 0.4) is 0 Å². The first-order valence-corrected chi connectivity index (χ1v) is 8.55. The maximum absolute atomic E-state index is 6.03. The Bertz CT molecular complexity index is 610. The third kappa shape index (κ3) is 3.71. The number of furan rings is 1. The zero-order valence-corrected chi connectivity index (χ0v) is 15.5. The van der Waals surface area contributed by atoms with Gasteiger partial charge in [-0.2, -0.15) is 0 Å². The van der Waals surface area contributed by atoms with E-state index in [1.165, 1.54) is 0 Å². The van der Waals surface area contributed by atoms with Crippen LogP contribution in [-0.4, -0.2) is 13.7 Å². The van der Waals surface area contributed by atoms with Crippen molar-refractivity contribution in [3.8, 4) is 17.1 Å². The molecule has 0 aliphatic carbocycles. The maximum Gasteiger partial charge on any atom is 0.135 e. The van der Waals surface area contributed by atoms with Gasteiger partial charge in [-0.3, -0.25) is 0 Å². The van der Waals surface area contributed by atoms with E-state index in [4.69, 9.17) is 9.15 Å². The van der Waals surface area contributed by atoms with E-state index in [1.54, 1.807) is 7.11 Å². The molecule has 1 N–H and O–H groups in total. The van der Waals surface area contributed by atoms with Gasteiger partial charge >= 0.3 is 0 Å². The highest BCUT2D eigenvalue weighted by atomic mass is 79.9. The van der Waals surface area contributed by atoms with Gasteiger partial charge in [0.15, 0.2) is 0 Å². The summed E-state index contributed by atoms with van der Waals surface area (Å²) in [5, 5.41) is 3.42. The Kier molecular flexibility index (Phi) is 5.90. The van der Waals surface area contributed by atoms with Gasteiger partial charge in [0.2, 0.25) is 0 Å². The van der Waals surface area contributed by atoms with Crippen LogP contribution in [0, 0.1) is 0 Å². The van der Waals surface area contributed by atoms with Crippen LogP contribution in [0.5, 0.6) is 5.75 Å². The third-order valence-electron chi connectivity index (χ3n) is 3.34. The summed E-state index contributed by atoms with van der Waals surface area (Å²) < 4.78 is 13.3. The Labute approximate surface area is 142 Å². The van der Waals surface area contributed by atoms with E-state index in [2.05, 4.69) is 51.0 Å². The van der Waals surface area contributed by atoms with E-state index in [0.717, 1.165) is 44.7 Å². The Morgan fingerprint density at radius 3 is 2.57 bits per heavy atom. The van der Waals surface area contributed by atoms with E-state index in [-0.39, 0.29) is 6.04 Å². The van der Waals surface area contributed by atoms with E-state index in [1.807, 2.05) is 24.3 Å². The van der Waals surface area contributed by atoms with E-state index < -0.39 is 0 Å². The number of halogens is 2. The fourth-order valence-corrected chi connectivity index (χ4v) is 3.60. The molecule has 2 aromatic rings. The number of hydrogen-bond donors (Lipinski definition) is 1. The molecule has 0 bridgehead atoms. The molecule has 21 heavy (non-hydrogen) atoms. The fraction of sp³-hybridized carbons (Fsp3) is 0.375. The monoisotopic (exact) mass is 415 g/mol. The van der Waals surface area contributed by atoms with Crippen molar-refractivity contribution in [1.29, 1.82) is 0 Å². The summed E-state index contributed by atoms with van der Waals surface area (Å²) in [6.45, 7) is 5.17. The Balaban J connectivity index is 2.37. The van der Waals surface area contributed by atoms with Gasteiger partial charge in [-0.05, 0) is 69.1 Å². The molecule has 1 atom stereocenters. The van der Waals surface area contributed by atoms with E-state index in [9.17, 15) is 0 Å². The molecule has 0 radical (unpaired) electrons. The quantitative estimate of drug-likeness (QED) is 0.671.